The highest BCUT2D eigenvalue weighted by Crippen LogP contribution is 2.25. The Kier molecular flexibility index (Phi) is 3.55. The van der Waals surface area contributed by atoms with Crippen LogP contribution in [0.25, 0.3) is 0 Å². The van der Waals surface area contributed by atoms with Crippen LogP contribution in [0.4, 0.5) is 0 Å². The van der Waals surface area contributed by atoms with Crippen molar-refractivity contribution >= 4 is 5.91 Å². The van der Waals surface area contributed by atoms with Crippen molar-refractivity contribution in [1.29, 1.82) is 0 Å². The lowest BCUT2D eigenvalue weighted by molar-refractivity contribution is -0.138. The number of carbonyl (C=O) groups excluding carboxylic acids is 1. The van der Waals surface area contributed by atoms with Crippen LogP contribution in [-0.4, -0.2) is 32.9 Å². The van der Waals surface area contributed by atoms with Crippen molar-refractivity contribution in [2.45, 2.75) is 51.2 Å². The van der Waals surface area contributed by atoms with E-state index in [0.29, 0.717) is 6.54 Å². The summed E-state index contributed by atoms with van der Waals surface area (Å²) >= 11 is 0. The van der Waals surface area contributed by atoms with E-state index in [1.165, 1.54) is 6.42 Å². The molecule has 19 heavy (non-hydrogen) atoms. The summed E-state index contributed by atoms with van der Waals surface area (Å²) in [5.74, 6) is 1.24. The summed E-state index contributed by atoms with van der Waals surface area (Å²) in [5.41, 5.74) is 6.19. The molecule has 1 saturated carbocycles. The molecular weight excluding hydrogens is 240 g/mol. The molecule has 5 heteroatoms. The van der Waals surface area contributed by atoms with Crippen molar-refractivity contribution in [3.8, 4) is 0 Å². The molecule has 0 aromatic carbocycles. The number of carbonyl (C=O) groups is 1. The smallest absolute Gasteiger partial charge is 0.227 e. The van der Waals surface area contributed by atoms with E-state index in [1.54, 1.807) is 6.20 Å². The Labute approximate surface area is 113 Å². The lowest BCUT2D eigenvalue weighted by Gasteiger charge is -2.32. The predicted molar refractivity (Wildman–Crippen MR) is 72.2 cm³/mol. The van der Waals surface area contributed by atoms with Crippen LogP contribution in [0.3, 0.4) is 0 Å². The molecule has 1 aliphatic heterocycles. The average Bonchev–Trinajstić information content (AvgIpc) is 2.79. The minimum absolute atomic E-state index is 0.0176. The second-order valence-corrected chi connectivity index (χ2v) is 5.71. The van der Waals surface area contributed by atoms with E-state index in [-0.39, 0.29) is 17.9 Å². The van der Waals surface area contributed by atoms with Crippen molar-refractivity contribution in [2.24, 2.45) is 11.7 Å². The highest BCUT2D eigenvalue weighted by molar-refractivity contribution is 5.79. The van der Waals surface area contributed by atoms with Crippen LogP contribution in [0, 0.1) is 5.92 Å². The van der Waals surface area contributed by atoms with Gasteiger partial charge in [0.2, 0.25) is 5.91 Å². The van der Waals surface area contributed by atoms with Gasteiger partial charge in [-0.3, -0.25) is 4.79 Å². The summed E-state index contributed by atoms with van der Waals surface area (Å²) in [6, 6.07) is 0.0386. The lowest BCUT2D eigenvalue weighted by Crippen LogP contribution is -2.46. The van der Waals surface area contributed by atoms with Gasteiger partial charge in [-0.2, -0.15) is 0 Å². The molecule has 2 unspecified atom stereocenters. The first-order valence-electron chi connectivity index (χ1n) is 7.30. The highest BCUT2D eigenvalue weighted by Gasteiger charge is 2.32. The SMILES string of the molecule is NC1CCCCCC1C(=O)N1CCn2ccnc2C1. The molecule has 0 radical (unpaired) electrons. The standard InChI is InChI=1S/C14H22N4O/c15-12-5-3-1-2-4-11(12)14(19)18-9-8-17-7-6-16-13(17)10-18/h6-7,11-12H,1-5,8-10,15H2. The number of nitrogens with two attached hydrogens (primary N) is 1. The van der Waals surface area contributed by atoms with Crippen LogP contribution in [0.2, 0.25) is 0 Å². The lowest BCUT2D eigenvalue weighted by atomic mass is 9.94. The summed E-state index contributed by atoms with van der Waals surface area (Å²) in [7, 11) is 0. The number of hydrogen-bond donors (Lipinski definition) is 1. The van der Waals surface area contributed by atoms with E-state index in [0.717, 1.165) is 44.6 Å². The van der Waals surface area contributed by atoms with Gasteiger partial charge in [0.15, 0.2) is 0 Å². The van der Waals surface area contributed by atoms with Gasteiger partial charge in [0.05, 0.1) is 12.5 Å². The molecule has 104 valence electrons. The maximum atomic E-state index is 12.7. The Morgan fingerprint density at radius 3 is 3.00 bits per heavy atom. The third-order valence-corrected chi connectivity index (χ3v) is 4.44. The molecule has 2 N–H and O–H groups in total. The molecule has 0 spiro atoms. The molecule has 2 heterocycles. The molecule has 1 aromatic rings. The zero-order valence-electron chi connectivity index (χ0n) is 11.3. The zero-order chi connectivity index (χ0) is 13.2. The van der Waals surface area contributed by atoms with Gasteiger partial charge >= 0.3 is 0 Å². The molecule has 0 bridgehead atoms. The van der Waals surface area contributed by atoms with Gasteiger partial charge in [0.25, 0.3) is 0 Å². The van der Waals surface area contributed by atoms with Crippen molar-refractivity contribution in [3.05, 3.63) is 18.2 Å². The van der Waals surface area contributed by atoms with E-state index in [1.807, 2.05) is 11.1 Å². The monoisotopic (exact) mass is 262 g/mol. The molecule has 1 amide bonds. The van der Waals surface area contributed by atoms with Crippen LogP contribution in [0.5, 0.6) is 0 Å². The van der Waals surface area contributed by atoms with Gasteiger partial charge < -0.3 is 15.2 Å². The van der Waals surface area contributed by atoms with Gasteiger partial charge in [0, 0.05) is 31.5 Å². The molecule has 0 saturated heterocycles. The quantitative estimate of drug-likeness (QED) is 0.772. The number of rotatable bonds is 1. The summed E-state index contributed by atoms with van der Waals surface area (Å²) in [4.78, 5) is 18.9. The first kappa shape index (κ1) is 12.7. The molecular formula is C14H22N4O. The number of imidazole rings is 1. The van der Waals surface area contributed by atoms with Crippen molar-refractivity contribution < 1.29 is 4.79 Å². The molecule has 1 fully saturated rings. The topological polar surface area (TPSA) is 64.2 Å². The van der Waals surface area contributed by atoms with Crippen molar-refractivity contribution in [1.82, 2.24) is 14.5 Å². The second kappa shape index (κ2) is 5.33. The van der Waals surface area contributed by atoms with Gasteiger partial charge in [-0.05, 0) is 12.8 Å². The fraction of sp³-hybridized carbons (Fsp3) is 0.714. The summed E-state index contributed by atoms with van der Waals surface area (Å²) in [6.07, 6.45) is 9.23. The van der Waals surface area contributed by atoms with E-state index >= 15 is 0 Å². The van der Waals surface area contributed by atoms with Crippen LogP contribution >= 0.6 is 0 Å². The third kappa shape index (κ3) is 2.52. The van der Waals surface area contributed by atoms with Crippen LogP contribution in [-0.2, 0) is 17.9 Å². The van der Waals surface area contributed by atoms with Gasteiger partial charge in [-0.15, -0.1) is 0 Å². The Bertz CT molecular complexity index is 456. The Hall–Kier alpha value is -1.36. The number of amides is 1. The maximum Gasteiger partial charge on any atom is 0.227 e. The molecule has 1 aliphatic carbocycles. The number of aromatic nitrogens is 2. The van der Waals surface area contributed by atoms with E-state index in [4.69, 9.17) is 5.73 Å². The third-order valence-electron chi connectivity index (χ3n) is 4.44. The first-order valence-corrected chi connectivity index (χ1v) is 7.30. The molecule has 1 aromatic heterocycles. The van der Waals surface area contributed by atoms with Gasteiger partial charge in [0.1, 0.15) is 5.82 Å². The van der Waals surface area contributed by atoms with Crippen LogP contribution in [0.1, 0.15) is 37.9 Å². The highest BCUT2D eigenvalue weighted by atomic mass is 16.2. The van der Waals surface area contributed by atoms with E-state index < -0.39 is 0 Å². The van der Waals surface area contributed by atoms with E-state index in [2.05, 4.69) is 9.55 Å². The number of nitrogens with zero attached hydrogens (tertiary/aromatic N) is 3. The molecule has 2 atom stereocenters. The van der Waals surface area contributed by atoms with Crippen molar-refractivity contribution in [2.75, 3.05) is 6.54 Å². The fourth-order valence-corrected chi connectivity index (χ4v) is 3.24. The summed E-state index contributed by atoms with van der Waals surface area (Å²) < 4.78 is 2.12. The molecule has 3 rings (SSSR count). The predicted octanol–water partition coefficient (Wildman–Crippen LogP) is 1.13. The average molecular weight is 262 g/mol. The fourth-order valence-electron chi connectivity index (χ4n) is 3.24. The zero-order valence-corrected chi connectivity index (χ0v) is 11.3. The number of fused-ring (bicyclic) bond motifs is 1. The molecule has 2 aliphatic rings. The Morgan fingerprint density at radius 1 is 1.26 bits per heavy atom. The minimum atomic E-state index is 0.0176. The van der Waals surface area contributed by atoms with E-state index in [9.17, 15) is 4.79 Å². The second-order valence-electron chi connectivity index (χ2n) is 5.71. The van der Waals surface area contributed by atoms with Crippen LogP contribution < -0.4 is 5.73 Å². The Morgan fingerprint density at radius 2 is 2.11 bits per heavy atom. The Balaban J connectivity index is 1.70. The largest absolute Gasteiger partial charge is 0.333 e. The summed E-state index contributed by atoms with van der Waals surface area (Å²) in [6.45, 7) is 2.27. The van der Waals surface area contributed by atoms with Gasteiger partial charge in [-0.1, -0.05) is 19.3 Å². The normalized spacial score (nSPS) is 27.7. The van der Waals surface area contributed by atoms with Gasteiger partial charge in [-0.25, -0.2) is 4.98 Å². The number of hydrogen-bond acceptors (Lipinski definition) is 3. The summed E-state index contributed by atoms with van der Waals surface area (Å²) in [5, 5.41) is 0. The molecule has 5 nitrogen and oxygen atoms in total. The minimum Gasteiger partial charge on any atom is -0.333 e. The van der Waals surface area contributed by atoms with Crippen molar-refractivity contribution in [3.63, 3.8) is 0 Å². The first-order chi connectivity index (χ1) is 9.25. The maximum absolute atomic E-state index is 12.7. The van der Waals surface area contributed by atoms with Crippen LogP contribution in [0.15, 0.2) is 12.4 Å².